The van der Waals surface area contributed by atoms with Crippen molar-refractivity contribution >= 4 is 21.4 Å². The van der Waals surface area contributed by atoms with Gasteiger partial charge in [-0.05, 0) is 0 Å². The lowest BCUT2D eigenvalue weighted by Crippen LogP contribution is -2.61. The Balaban J connectivity index is 2.23. The van der Waals surface area contributed by atoms with Gasteiger partial charge in [0.1, 0.15) is 5.75 Å². The number of ether oxygens (including phenoxy) is 2. The van der Waals surface area contributed by atoms with Gasteiger partial charge >= 0.3 is 0 Å². The summed E-state index contributed by atoms with van der Waals surface area (Å²) < 4.78 is 30.9. The smallest absolute Gasteiger partial charge is 0.213 e. The fraction of sp³-hybridized carbons (Fsp3) is 1.00. The van der Waals surface area contributed by atoms with Crippen LogP contribution in [0.25, 0.3) is 0 Å². The van der Waals surface area contributed by atoms with Crippen LogP contribution in [0.2, 0.25) is 0 Å². The lowest BCUT2D eigenvalue weighted by molar-refractivity contribution is -0.139. The number of rotatable bonds is 0. The van der Waals surface area contributed by atoms with Crippen LogP contribution in [0.15, 0.2) is 0 Å². The number of hydrogen-bond acceptors (Lipinski definition) is 4. The molecule has 2 aliphatic heterocycles. The molecule has 0 radical (unpaired) electrons. The van der Waals surface area contributed by atoms with Crippen LogP contribution in [0.1, 0.15) is 0 Å². The van der Waals surface area contributed by atoms with E-state index in [0.29, 0.717) is 13.2 Å². The quantitative estimate of drug-likeness (QED) is 0.503. The molecule has 0 N–H and O–H groups in total. The van der Waals surface area contributed by atoms with E-state index in [4.69, 9.17) is 21.1 Å². The van der Waals surface area contributed by atoms with Gasteiger partial charge in [-0.25, -0.2) is 8.42 Å². The van der Waals surface area contributed by atoms with Gasteiger partial charge in [0.05, 0.1) is 13.2 Å². The van der Waals surface area contributed by atoms with Crippen molar-refractivity contribution in [2.45, 2.75) is 10.5 Å². The van der Waals surface area contributed by atoms with Crippen LogP contribution in [0.4, 0.5) is 0 Å². The summed E-state index contributed by atoms with van der Waals surface area (Å²) in [5.74, 6) is -1.12. The van der Waals surface area contributed by atoms with Crippen molar-refractivity contribution < 1.29 is 17.9 Å². The SMILES string of the molecule is O=S1(=O)CC2(OCCO2)[C@@H]1Cl. The van der Waals surface area contributed by atoms with Crippen molar-refractivity contribution in [1.82, 2.24) is 0 Å². The van der Waals surface area contributed by atoms with Crippen molar-refractivity contribution in [2.75, 3.05) is 19.0 Å². The molecule has 4 nitrogen and oxygen atoms in total. The van der Waals surface area contributed by atoms with Gasteiger partial charge in [0.15, 0.2) is 14.5 Å². The minimum atomic E-state index is -3.14. The van der Waals surface area contributed by atoms with Crippen LogP contribution in [0.5, 0.6) is 0 Å². The van der Waals surface area contributed by atoms with Crippen LogP contribution < -0.4 is 0 Å². The highest BCUT2D eigenvalue weighted by Crippen LogP contribution is 2.41. The van der Waals surface area contributed by atoms with Crippen LogP contribution in [-0.2, 0) is 19.3 Å². The Bertz CT molecular complexity index is 266. The molecule has 0 aromatic carbocycles. The fourth-order valence-corrected chi connectivity index (χ4v) is 3.27. The molecular formula is C5H7ClO4S. The van der Waals surface area contributed by atoms with Gasteiger partial charge in [0.25, 0.3) is 0 Å². The maximum atomic E-state index is 10.9. The molecule has 2 fully saturated rings. The maximum Gasteiger partial charge on any atom is 0.213 e. The van der Waals surface area contributed by atoms with Crippen molar-refractivity contribution in [1.29, 1.82) is 0 Å². The normalized spacial score (nSPS) is 38.8. The first-order chi connectivity index (χ1) is 5.07. The molecule has 0 aromatic rings. The maximum absolute atomic E-state index is 10.9. The molecule has 0 amide bonds. The van der Waals surface area contributed by atoms with Crippen molar-refractivity contribution in [2.24, 2.45) is 0 Å². The molecule has 0 aromatic heterocycles. The van der Waals surface area contributed by atoms with Gasteiger partial charge in [0, 0.05) is 0 Å². The van der Waals surface area contributed by atoms with Gasteiger partial charge in [0.2, 0.25) is 5.79 Å². The third-order valence-corrected chi connectivity index (χ3v) is 4.78. The third kappa shape index (κ3) is 0.917. The zero-order valence-corrected chi connectivity index (χ0v) is 7.19. The first-order valence-corrected chi connectivity index (χ1v) is 5.36. The summed E-state index contributed by atoms with van der Waals surface area (Å²) in [4.78, 5) is 0. The van der Waals surface area contributed by atoms with Crippen molar-refractivity contribution in [3.05, 3.63) is 0 Å². The highest BCUT2D eigenvalue weighted by Gasteiger charge is 2.62. The Morgan fingerprint density at radius 2 is 1.91 bits per heavy atom. The molecule has 0 unspecified atom stereocenters. The van der Waals surface area contributed by atoms with Gasteiger partial charge in [-0.1, -0.05) is 11.6 Å². The molecule has 0 saturated carbocycles. The van der Waals surface area contributed by atoms with Gasteiger partial charge in [-0.2, -0.15) is 0 Å². The average Bonchev–Trinajstić information content (AvgIpc) is 2.37. The average molecular weight is 199 g/mol. The number of halogens is 1. The van der Waals surface area contributed by atoms with E-state index < -0.39 is 20.3 Å². The first-order valence-electron chi connectivity index (χ1n) is 3.20. The predicted octanol–water partition coefficient (Wildman–Crippen LogP) is -0.277. The summed E-state index contributed by atoms with van der Waals surface area (Å²) in [5, 5.41) is 0. The summed E-state index contributed by atoms with van der Waals surface area (Å²) in [6, 6.07) is 0. The van der Waals surface area contributed by atoms with Crippen LogP contribution >= 0.6 is 11.6 Å². The zero-order valence-electron chi connectivity index (χ0n) is 5.62. The van der Waals surface area contributed by atoms with Crippen LogP contribution in [-0.4, -0.2) is 37.9 Å². The number of sulfone groups is 1. The zero-order chi connectivity index (χ0) is 8.11. The fourth-order valence-electron chi connectivity index (χ4n) is 1.28. The second kappa shape index (κ2) is 2.10. The molecular weight excluding hydrogens is 192 g/mol. The molecule has 2 saturated heterocycles. The van der Waals surface area contributed by atoms with E-state index in [1.165, 1.54) is 0 Å². The van der Waals surface area contributed by atoms with Crippen LogP contribution in [0.3, 0.4) is 0 Å². The highest BCUT2D eigenvalue weighted by molar-refractivity contribution is 7.95. The lowest BCUT2D eigenvalue weighted by Gasteiger charge is -2.39. The molecule has 0 bridgehead atoms. The Morgan fingerprint density at radius 3 is 2.27 bits per heavy atom. The third-order valence-electron chi connectivity index (χ3n) is 1.84. The van der Waals surface area contributed by atoms with Gasteiger partial charge in [-0.3, -0.25) is 0 Å². The van der Waals surface area contributed by atoms with Crippen molar-refractivity contribution in [3.63, 3.8) is 0 Å². The monoisotopic (exact) mass is 198 g/mol. The molecule has 2 aliphatic rings. The number of alkyl halides is 1. The lowest BCUT2D eigenvalue weighted by atomic mass is 10.3. The van der Waals surface area contributed by atoms with E-state index in [1.54, 1.807) is 0 Å². The Labute approximate surface area is 69.3 Å². The predicted molar refractivity (Wildman–Crippen MR) is 38.1 cm³/mol. The van der Waals surface area contributed by atoms with E-state index in [-0.39, 0.29) is 5.75 Å². The topological polar surface area (TPSA) is 52.6 Å². The summed E-state index contributed by atoms with van der Waals surface area (Å²) in [5.41, 5.74) is 0. The standard InChI is InChI=1S/C5H7ClO4S/c6-4-5(3-11(4,7)8)9-1-2-10-5/h4H,1-3H2/t4-/m1/s1. The van der Waals surface area contributed by atoms with E-state index in [1.807, 2.05) is 0 Å². The first kappa shape index (κ1) is 7.79. The van der Waals surface area contributed by atoms with Gasteiger partial charge < -0.3 is 9.47 Å². The Morgan fingerprint density at radius 1 is 1.36 bits per heavy atom. The van der Waals surface area contributed by atoms with Crippen molar-refractivity contribution in [3.8, 4) is 0 Å². The highest BCUT2D eigenvalue weighted by atomic mass is 35.5. The molecule has 1 atom stereocenters. The second-order valence-electron chi connectivity index (χ2n) is 2.63. The molecule has 0 aliphatic carbocycles. The molecule has 11 heavy (non-hydrogen) atoms. The largest absolute Gasteiger partial charge is 0.344 e. The summed E-state index contributed by atoms with van der Waals surface area (Å²) in [7, 11) is -3.14. The molecule has 2 heterocycles. The summed E-state index contributed by atoms with van der Waals surface area (Å²) in [6.45, 7) is 0.859. The Kier molecular flexibility index (Phi) is 1.49. The second-order valence-corrected chi connectivity index (χ2v) is 5.41. The van der Waals surface area contributed by atoms with E-state index in [0.717, 1.165) is 0 Å². The molecule has 6 heteroatoms. The molecule has 64 valence electrons. The summed E-state index contributed by atoms with van der Waals surface area (Å²) >= 11 is 5.57. The van der Waals surface area contributed by atoms with E-state index in [9.17, 15) is 8.42 Å². The Hall–Kier alpha value is 0.160. The van der Waals surface area contributed by atoms with Crippen LogP contribution in [0, 0.1) is 0 Å². The summed E-state index contributed by atoms with van der Waals surface area (Å²) in [6.07, 6.45) is 0. The number of hydrogen-bond donors (Lipinski definition) is 0. The minimum absolute atomic E-state index is 0.103. The van der Waals surface area contributed by atoms with E-state index in [2.05, 4.69) is 0 Å². The molecule has 2 rings (SSSR count). The molecule has 1 spiro atoms. The minimum Gasteiger partial charge on any atom is -0.344 e. The van der Waals surface area contributed by atoms with E-state index >= 15 is 0 Å². The van der Waals surface area contributed by atoms with Gasteiger partial charge in [-0.15, -0.1) is 0 Å².